The van der Waals surface area contributed by atoms with Crippen molar-refractivity contribution in [1.29, 1.82) is 0 Å². The number of benzene rings is 1. The number of carboxylic acid groups (broad SMARTS) is 1. The van der Waals surface area contributed by atoms with Crippen LogP contribution in [0, 0.1) is 11.8 Å². The van der Waals surface area contributed by atoms with E-state index in [4.69, 9.17) is 0 Å². The summed E-state index contributed by atoms with van der Waals surface area (Å²) in [5, 5.41) is 11.9. The van der Waals surface area contributed by atoms with Crippen molar-refractivity contribution in [2.45, 2.75) is 26.2 Å². The molecule has 2 aliphatic heterocycles. The van der Waals surface area contributed by atoms with Crippen LogP contribution in [-0.2, 0) is 19.2 Å². The Kier molecular flexibility index (Phi) is 5.43. The molecule has 2 saturated heterocycles. The second-order valence-electron chi connectivity index (χ2n) is 7.10. The number of nitrogens with one attached hydrogen (secondary N) is 1. The molecular formula is C19H23N3O5. The number of aliphatic carboxylic acids is 1. The Morgan fingerprint density at radius 1 is 1.11 bits per heavy atom. The summed E-state index contributed by atoms with van der Waals surface area (Å²) < 4.78 is 0. The maximum atomic E-state index is 12.8. The molecule has 27 heavy (non-hydrogen) atoms. The number of nitrogens with zero attached hydrogens (tertiary/aromatic N) is 2. The van der Waals surface area contributed by atoms with Crippen molar-refractivity contribution in [2.75, 3.05) is 29.9 Å². The molecule has 2 aliphatic rings. The third-order valence-corrected chi connectivity index (χ3v) is 5.06. The Hall–Kier alpha value is -2.90. The number of anilines is 2. The molecule has 3 amide bonds. The van der Waals surface area contributed by atoms with Crippen LogP contribution in [0.15, 0.2) is 24.3 Å². The number of carbonyl (C=O) groups excluding carboxylic acids is 3. The van der Waals surface area contributed by atoms with Crippen molar-refractivity contribution in [3.8, 4) is 0 Å². The largest absolute Gasteiger partial charge is 0.481 e. The molecule has 8 heteroatoms. The lowest BCUT2D eigenvalue weighted by Crippen LogP contribution is -2.45. The van der Waals surface area contributed by atoms with Crippen LogP contribution in [0.4, 0.5) is 11.4 Å². The van der Waals surface area contributed by atoms with E-state index in [9.17, 15) is 24.3 Å². The fourth-order valence-corrected chi connectivity index (χ4v) is 3.69. The topological polar surface area (TPSA) is 107 Å². The fourth-order valence-electron chi connectivity index (χ4n) is 3.69. The molecule has 2 fully saturated rings. The zero-order chi connectivity index (χ0) is 19.6. The maximum Gasteiger partial charge on any atom is 0.308 e. The van der Waals surface area contributed by atoms with Crippen LogP contribution in [0.3, 0.4) is 0 Å². The van der Waals surface area contributed by atoms with Crippen molar-refractivity contribution in [2.24, 2.45) is 11.8 Å². The summed E-state index contributed by atoms with van der Waals surface area (Å²) >= 11 is 0. The minimum Gasteiger partial charge on any atom is -0.481 e. The summed E-state index contributed by atoms with van der Waals surface area (Å²) in [5.41, 5.74) is 1.31. The molecule has 0 spiro atoms. The molecule has 0 saturated carbocycles. The molecule has 2 N–H and O–H groups in total. The number of hydrogen-bond acceptors (Lipinski definition) is 4. The number of rotatable bonds is 4. The standard InChI is InChI=1S/C19H23N3O5/c1-12(23)20-15-4-6-16(7-5-15)22-11-14(9-17(22)24)18(25)21-8-2-3-13(10-21)19(26)27/h4-7,13-14H,2-3,8-11H2,1H3,(H,20,23)(H,26,27)/t13-,14-/m0/s1. The highest BCUT2D eigenvalue weighted by Crippen LogP contribution is 2.28. The van der Waals surface area contributed by atoms with Gasteiger partial charge in [0.05, 0.1) is 11.8 Å². The highest BCUT2D eigenvalue weighted by atomic mass is 16.4. The van der Waals surface area contributed by atoms with E-state index < -0.39 is 17.8 Å². The molecule has 8 nitrogen and oxygen atoms in total. The number of likely N-dealkylation sites (tertiary alicyclic amines) is 1. The smallest absolute Gasteiger partial charge is 0.308 e. The van der Waals surface area contributed by atoms with Gasteiger partial charge in [-0.2, -0.15) is 0 Å². The van der Waals surface area contributed by atoms with Gasteiger partial charge in [0, 0.05) is 44.4 Å². The average molecular weight is 373 g/mol. The Bertz CT molecular complexity index is 761. The van der Waals surface area contributed by atoms with Crippen LogP contribution < -0.4 is 10.2 Å². The van der Waals surface area contributed by atoms with Crippen molar-refractivity contribution >= 4 is 35.1 Å². The van der Waals surface area contributed by atoms with Gasteiger partial charge >= 0.3 is 5.97 Å². The third kappa shape index (κ3) is 4.27. The van der Waals surface area contributed by atoms with Crippen LogP contribution in [-0.4, -0.2) is 53.3 Å². The number of hydrogen-bond donors (Lipinski definition) is 2. The number of piperidine rings is 1. The first-order valence-corrected chi connectivity index (χ1v) is 9.04. The average Bonchev–Trinajstić information content (AvgIpc) is 3.03. The fraction of sp³-hybridized carbons (Fsp3) is 0.474. The van der Waals surface area contributed by atoms with Gasteiger partial charge in [0.1, 0.15) is 0 Å². The van der Waals surface area contributed by atoms with E-state index in [2.05, 4.69) is 5.32 Å². The molecule has 2 atom stereocenters. The van der Waals surface area contributed by atoms with Gasteiger partial charge in [-0.15, -0.1) is 0 Å². The molecule has 0 aromatic heterocycles. The predicted octanol–water partition coefficient (Wildman–Crippen LogP) is 1.32. The molecule has 3 rings (SSSR count). The van der Waals surface area contributed by atoms with Gasteiger partial charge in [0.15, 0.2) is 0 Å². The van der Waals surface area contributed by atoms with E-state index in [1.807, 2.05) is 0 Å². The van der Waals surface area contributed by atoms with E-state index in [-0.39, 0.29) is 37.2 Å². The molecular weight excluding hydrogens is 350 g/mol. The van der Waals surface area contributed by atoms with Crippen molar-refractivity contribution in [3.63, 3.8) is 0 Å². The van der Waals surface area contributed by atoms with Crippen LogP contribution >= 0.6 is 0 Å². The number of carbonyl (C=O) groups is 4. The van der Waals surface area contributed by atoms with Gasteiger partial charge in [0.25, 0.3) is 0 Å². The Labute approximate surface area is 157 Å². The van der Waals surface area contributed by atoms with E-state index in [0.717, 1.165) is 0 Å². The molecule has 0 bridgehead atoms. The Balaban J connectivity index is 1.65. The number of carboxylic acids is 1. The lowest BCUT2D eigenvalue weighted by Gasteiger charge is -2.32. The monoisotopic (exact) mass is 373 g/mol. The summed E-state index contributed by atoms with van der Waals surface area (Å²) in [5.74, 6) is -2.32. The quantitative estimate of drug-likeness (QED) is 0.828. The molecule has 1 aromatic carbocycles. The van der Waals surface area contributed by atoms with E-state index in [1.54, 1.807) is 34.1 Å². The van der Waals surface area contributed by atoms with Gasteiger partial charge in [-0.3, -0.25) is 19.2 Å². The first-order chi connectivity index (χ1) is 12.8. The van der Waals surface area contributed by atoms with Crippen LogP contribution in [0.25, 0.3) is 0 Å². The zero-order valence-electron chi connectivity index (χ0n) is 15.2. The van der Waals surface area contributed by atoms with Crippen LogP contribution in [0.5, 0.6) is 0 Å². The first kappa shape index (κ1) is 18.9. The van der Waals surface area contributed by atoms with Crippen molar-refractivity contribution in [1.82, 2.24) is 4.90 Å². The minimum atomic E-state index is -0.879. The minimum absolute atomic E-state index is 0.126. The normalized spacial score (nSPS) is 22.6. The van der Waals surface area contributed by atoms with Gasteiger partial charge in [-0.05, 0) is 37.1 Å². The highest BCUT2D eigenvalue weighted by Gasteiger charge is 2.39. The maximum absolute atomic E-state index is 12.8. The van der Waals surface area contributed by atoms with E-state index >= 15 is 0 Å². The van der Waals surface area contributed by atoms with Crippen LogP contribution in [0.2, 0.25) is 0 Å². The van der Waals surface area contributed by atoms with E-state index in [0.29, 0.717) is 30.8 Å². The first-order valence-electron chi connectivity index (χ1n) is 9.04. The summed E-state index contributed by atoms with van der Waals surface area (Å²) in [7, 11) is 0. The predicted molar refractivity (Wildman–Crippen MR) is 98.1 cm³/mol. The van der Waals surface area contributed by atoms with Gasteiger partial charge in [-0.25, -0.2) is 0 Å². The van der Waals surface area contributed by atoms with Crippen molar-refractivity contribution < 1.29 is 24.3 Å². The lowest BCUT2D eigenvalue weighted by atomic mass is 9.96. The second kappa shape index (κ2) is 7.77. The van der Waals surface area contributed by atoms with E-state index in [1.165, 1.54) is 6.92 Å². The van der Waals surface area contributed by atoms with Gasteiger partial charge in [0.2, 0.25) is 17.7 Å². The molecule has 144 valence electrons. The summed E-state index contributed by atoms with van der Waals surface area (Å²) in [6.45, 7) is 2.46. The Morgan fingerprint density at radius 2 is 1.81 bits per heavy atom. The summed E-state index contributed by atoms with van der Waals surface area (Å²) in [6, 6.07) is 6.89. The molecule has 0 aliphatic carbocycles. The zero-order valence-corrected chi connectivity index (χ0v) is 15.2. The highest BCUT2D eigenvalue weighted by molar-refractivity contribution is 6.00. The lowest BCUT2D eigenvalue weighted by molar-refractivity contribution is -0.147. The van der Waals surface area contributed by atoms with Crippen LogP contribution in [0.1, 0.15) is 26.2 Å². The number of amides is 3. The summed E-state index contributed by atoms with van der Waals surface area (Å²) in [6.07, 6.45) is 1.37. The summed E-state index contributed by atoms with van der Waals surface area (Å²) in [4.78, 5) is 50.6. The molecule has 1 aromatic rings. The SMILES string of the molecule is CC(=O)Nc1ccc(N2C[C@@H](C(=O)N3CCC[C@H](C(=O)O)C3)CC2=O)cc1. The molecule has 0 radical (unpaired) electrons. The van der Waals surface area contributed by atoms with Gasteiger partial charge in [-0.1, -0.05) is 0 Å². The molecule has 0 unspecified atom stereocenters. The third-order valence-electron chi connectivity index (χ3n) is 5.06. The second-order valence-corrected chi connectivity index (χ2v) is 7.10. The molecule has 2 heterocycles. The van der Waals surface area contributed by atoms with Crippen molar-refractivity contribution in [3.05, 3.63) is 24.3 Å². The Morgan fingerprint density at radius 3 is 2.44 bits per heavy atom. The van der Waals surface area contributed by atoms with Gasteiger partial charge < -0.3 is 20.2 Å².